The minimum Gasteiger partial charge on any atom is -0.324 e. The van der Waals surface area contributed by atoms with E-state index in [-0.39, 0.29) is 11.8 Å². The fourth-order valence-electron chi connectivity index (χ4n) is 2.16. The summed E-state index contributed by atoms with van der Waals surface area (Å²) in [4.78, 5) is 25.3. The number of carbonyl (C=O) groups is 2. The molecule has 1 aliphatic rings. The Morgan fingerprint density at radius 1 is 1.37 bits per heavy atom. The van der Waals surface area contributed by atoms with Crippen molar-refractivity contribution in [1.82, 2.24) is 0 Å². The zero-order chi connectivity index (χ0) is 13.7. The first-order valence-electron chi connectivity index (χ1n) is 6.47. The second-order valence-electron chi connectivity index (χ2n) is 4.51. The van der Waals surface area contributed by atoms with Gasteiger partial charge in [-0.05, 0) is 25.0 Å². The van der Waals surface area contributed by atoms with Crippen LogP contribution < -0.4 is 10.2 Å². The van der Waals surface area contributed by atoms with Crippen LogP contribution >= 0.6 is 11.6 Å². The van der Waals surface area contributed by atoms with Crippen LogP contribution in [0.1, 0.15) is 25.7 Å². The summed E-state index contributed by atoms with van der Waals surface area (Å²) in [5.41, 5.74) is 1.47. The van der Waals surface area contributed by atoms with Crippen molar-refractivity contribution in [3.63, 3.8) is 0 Å². The number of anilines is 2. The third-order valence-electron chi connectivity index (χ3n) is 3.08. The molecule has 1 fully saturated rings. The molecule has 4 nitrogen and oxygen atoms in total. The highest BCUT2D eigenvalue weighted by atomic mass is 35.5. The van der Waals surface area contributed by atoms with Crippen molar-refractivity contribution in [2.45, 2.75) is 25.7 Å². The maximum Gasteiger partial charge on any atom is 0.227 e. The van der Waals surface area contributed by atoms with E-state index in [1.54, 1.807) is 4.90 Å². The third-order valence-corrected chi connectivity index (χ3v) is 3.35. The van der Waals surface area contributed by atoms with Gasteiger partial charge < -0.3 is 10.2 Å². The van der Waals surface area contributed by atoms with E-state index in [2.05, 4.69) is 5.32 Å². The van der Waals surface area contributed by atoms with Crippen molar-refractivity contribution < 1.29 is 9.59 Å². The zero-order valence-electron chi connectivity index (χ0n) is 10.7. The van der Waals surface area contributed by atoms with Crippen molar-refractivity contribution in [2.24, 2.45) is 0 Å². The van der Waals surface area contributed by atoms with Crippen LogP contribution in [0.2, 0.25) is 0 Å². The minimum absolute atomic E-state index is 0.0697. The lowest BCUT2D eigenvalue weighted by Crippen LogP contribution is -2.25. The maximum atomic E-state index is 11.8. The zero-order valence-corrected chi connectivity index (χ0v) is 11.4. The molecule has 0 aromatic heterocycles. The number of alkyl halides is 1. The molecule has 1 aliphatic heterocycles. The fourth-order valence-corrected chi connectivity index (χ4v) is 2.29. The number of para-hydroxylation sites is 2. The van der Waals surface area contributed by atoms with Gasteiger partial charge in [0.25, 0.3) is 0 Å². The van der Waals surface area contributed by atoms with E-state index in [1.165, 1.54) is 0 Å². The third kappa shape index (κ3) is 3.47. The van der Waals surface area contributed by atoms with Crippen LogP contribution in [0.5, 0.6) is 0 Å². The lowest BCUT2D eigenvalue weighted by molar-refractivity contribution is -0.117. The van der Waals surface area contributed by atoms with Crippen molar-refractivity contribution in [3.05, 3.63) is 24.3 Å². The molecule has 2 amide bonds. The summed E-state index contributed by atoms with van der Waals surface area (Å²) in [7, 11) is 0. The van der Waals surface area contributed by atoms with Crippen LogP contribution in [-0.2, 0) is 9.59 Å². The monoisotopic (exact) mass is 280 g/mol. The van der Waals surface area contributed by atoms with E-state index in [0.29, 0.717) is 37.4 Å². The van der Waals surface area contributed by atoms with Crippen LogP contribution in [0, 0.1) is 0 Å². The molecule has 1 N–H and O–H groups in total. The van der Waals surface area contributed by atoms with Crippen LogP contribution in [0.4, 0.5) is 11.4 Å². The summed E-state index contributed by atoms with van der Waals surface area (Å²) < 4.78 is 0. The Morgan fingerprint density at radius 2 is 2.16 bits per heavy atom. The standard InChI is InChI=1S/C14H17ClN2O2/c15-9-3-7-13(18)16-11-5-1-2-6-12(11)17-10-4-8-14(17)19/h1-2,5-6H,3-4,7-10H2,(H,16,18). The first kappa shape index (κ1) is 13.9. The number of benzene rings is 1. The van der Waals surface area contributed by atoms with Gasteiger partial charge in [-0.1, -0.05) is 12.1 Å². The Labute approximate surface area is 117 Å². The molecule has 0 atom stereocenters. The van der Waals surface area contributed by atoms with E-state index in [1.807, 2.05) is 24.3 Å². The SMILES string of the molecule is O=C(CCCCl)Nc1ccccc1N1CCCC1=O. The molecule has 102 valence electrons. The summed E-state index contributed by atoms with van der Waals surface area (Å²) in [5.74, 6) is 0.516. The van der Waals surface area contributed by atoms with Gasteiger partial charge in [0, 0.05) is 25.3 Å². The summed E-state index contributed by atoms with van der Waals surface area (Å²) in [6.07, 6.45) is 2.49. The minimum atomic E-state index is -0.0697. The summed E-state index contributed by atoms with van der Waals surface area (Å²) in [6, 6.07) is 7.40. The van der Waals surface area contributed by atoms with E-state index in [4.69, 9.17) is 11.6 Å². The van der Waals surface area contributed by atoms with Gasteiger partial charge in [0.05, 0.1) is 11.4 Å². The van der Waals surface area contributed by atoms with Crippen molar-refractivity contribution in [3.8, 4) is 0 Å². The molecule has 19 heavy (non-hydrogen) atoms. The predicted octanol–water partition coefficient (Wildman–Crippen LogP) is 2.77. The van der Waals surface area contributed by atoms with Gasteiger partial charge in [-0.15, -0.1) is 11.6 Å². The largest absolute Gasteiger partial charge is 0.324 e. The molecule has 0 bridgehead atoms. The Morgan fingerprint density at radius 3 is 2.84 bits per heavy atom. The molecule has 2 rings (SSSR count). The molecule has 1 heterocycles. The van der Waals surface area contributed by atoms with E-state index >= 15 is 0 Å². The normalized spacial score (nSPS) is 14.8. The first-order chi connectivity index (χ1) is 9.22. The van der Waals surface area contributed by atoms with Crippen molar-refractivity contribution in [1.29, 1.82) is 0 Å². The number of carbonyl (C=O) groups excluding carboxylic acids is 2. The average Bonchev–Trinajstić information content (AvgIpc) is 2.83. The Kier molecular flexibility index (Phi) is 4.80. The topological polar surface area (TPSA) is 49.4 Å². The van der Waals surface area contributed by atoms with Gasteiger partial charge in [-0.2, -0.15) is 0 Å². The molecule has 1 aromatic rings. The van der Waals surface area contributed by atoms with E-state index in [9.17, 15) is 9.59 Å². The van der Waals surface area contributed by atoms with Crippen molar-refractivity contribution in [2.75, 3.05) is 22.6 Å². The molecule has 0 unspecified atom stereocenters. The molecule has 5 heteroatoms. The van der Waals surface area contributed by atoms with Gasteiger partial charge in [0.2, 0.25) is 11.8 Å². The fraction of sp³-hybridized carbons (Fsp3) is 0.429. The quantitative estimate of drug-likeness (QED) is 0.843. The first-order valence-corrected chi connectivity index (χ1v) is 7.01. The molecule has 1 saturated heterocycles. The number of rotatable bonds is 5. The smallest absolute Gasteiger partial charge is 0.227 e. The van der Waals surface area contributed by atoms with Crippen LogP contribution in [0.15, 0.2) is 24.3 Å². The Bertz CT molecular complexity index is 476. The van der Waals surface area contributed by atoms with Crippen LogP contribution in [-0.4, -0.2) is 24.2 Å². The summed E-state index contributed by atoms with van der Waals surface area (Å²) in [5, 5.41) is 2.85. The van der Waals surface area contributed by atoms with Gasteiger partial charge in [0.15, 0.2) is 0 Å². The molecular formula is C14H17ClN2O2. The second kappa shape index (κ2) is 6.57. The Balaban J connectivity index is 2.12. The number of amides is 2. The number of nitrogens with one attached hydrogen (secondary N) is 1. The lowest BCUT2D eigenvalue weighted by atomic mass is 10.2. The predicted molar refractivity (Wildman–Crippen MR) is 76.6 cm³/mol. The van der Waals surface area contributed by atoms with Crippen molar-refractivity contribution >= 4 is 34.8 Å². The van der Waals surface area contributed by atoms with Gasteiger partial charge in [-0.25, -0.2) is 0 Å². The van der Waals surface area contributed by atoms with Gasteiger partial charge in [0.1, 0.15) is 0 Å². The summed E-state index contributed by atoms with van der Waals surface area (Å²) >= 11 is 5.57. The molecule has 1 aromatic carbocycles. The molecule has 0 saturated carbocycles. The number of hydrogen-bond donors (Lipinski definition) is 1. The van der Waals surface area contributed by atoms with E-state index in [0.717, 1.165) is 12.1 Å². The van der Waals surface area contributed by atoms with Crippen LogP contribution in [0.25, 0.3) is 0 Å². The highest BCUT2D eigenvalue weighted by molar-refractivity contribution is 6.18. The molecular weight excluding hydrogens is 264 g/mol. The molecule has 0 spiro atoms. The number of hydrogen-bond acceptors (Lipinski definition) is 2. The lowest BCUT2D eigenvalue weighted by Gasteiger charge is -2.19. The highest BCUT2D eigenvalue weighted by Crippen LogP contribution is 2.29. The van der Waals surface area contributed by atoms with Gasteiger partial charge >= 0.3 is 0 Å². The molecule has 0 aliphatic carbocycles. The molecule has 0 radical (unpaired) electrons. The highest BCUT2D eigenvalue weighted by Gasteiger charge is 2.23. The van der Waals surface area contributed by atoms with Gasteiger partial charge in [-0.3, -0.25) is 9.59 Å². The second-order valence-corrected chi connectivity index (χ2v) is 4.88. The van der Waals surface area contributed by atoms with Crippen LogP contribution in [0.3, 0.4) is 0 Å². The number of nitrogens with zero attached hydrogens (tertiary/aromatic N) is 1. The number of halogens is 1. The maximum absolute atomic E-state index is 11.8. The van der Waals surface area contributed by atoms with E-state index < -0.39 is 0 Å². The average molecular weight is 281 g/mol. The summed E-state index contributed by atoms with van der Waals surface area (Å²) in [6.45, 7) is 0.716. The Hall–Kier alpha value is -1.55.